The maximum absolute atomic E-state index is 12.4. The van der Waals surface area contributed by atoms with Crippen LogP contribution in [0, 0.1) is 24.7 Å². The molecule has 2 N–H and O–H groups in total. The van der Waals surface area contributed by atoms with Crippen molar-refractivity contribution in [2.75, 3.05) is 19.7 Å². The van der Waals surface area contributed by atoms with E-state index in [2.05, 4.69) is 26.6 Å². The fourth-order valence-electron chi connectivity index (χ4n) is 3.29. The second kappa shape index (κ2) is 5.85. The molecule has 1 saturated carbocycles. The van der Waals surface area contributed by atoms with E-state index in [1.54, 1.807) is 0 Å². The fourth-order valence-corrected chi connectivity index (χ4v) is 3.77. The molecule has 2 aliphatic rings. The van der Waals surface area contributed by atoms with Crippen molar-refractivity contribution in [3.8, 4) is 5.75 Å². The molecule has 0 radical (unpaired) electrons. The number of ether oxygens (including phenoxy) is 1. The SMILES string of the molecule is Cc1cc(Br)ccc1OCC(C)(C)NC(=O)C1[C@H]2CNC[C@@H]12. The third-order valence-electron chi connectivity index (χ3n) is 4.58. The van der Waals surface area contributed by atoms with Crippen LogP contribution >= 0.6 is 15.9 Å². The van der Waals surface area contributed by atoms with E-state index in [-0.39, 0.29) is 17.4 Å². The Balaban J connectivity index is 1.53. The van der Waals surface area contributed by atoms with Gasteiger partial charge in [-0.2, -0.15) is 0 Å². The van der Waals surface area contributed by atoms with E-state index in [1.165, 1.54) is 0 Å². The van der Waals surface area contributed by atoms with E-state index in [1.807, 2.05) is 39.0 Å². The van der Waals surface area contributed by atoms with E-state index in [0.29, 0.717) is 18.4 Å². The second-order valence-corrected chi connectivity index (χ2v) is 8.00. The van der Waals surface area contributed by atoms with Gasteiger partial charge in [-0.25, -0.2) is 0 Å². The van der Waals surface area contributed by atoms with Crippen LogP contribution in [-0.2, 0) is 4.79 Å². The number of amides is 1. The number of carbonyl (C=O) groups excluding carboxylic acids is 1. The minimum atomic E-state index is -0.374. The Morgan fingerprint density at radius 3 is 2.73 bits per heavy atom. The van der Waals surface area contributed by atoms with Crippen LogP contribution < -0.4 is 15.4 Å². The Labute approximate surface area is 140 Å². The Morgan fingerprint density at radius 1 is 1.41 bits per heavy atom. The van der Waals surface area contributed by atoms with Gasteiger partial charge in [-0.15, -0.1) is 0 Å². The molecule has 4 nitrogen and oxygen atoms in total. The van der Waals surface area contributed by atoms with Gasteiger partial charge in [-0.3, -0.25) is 4.79 Å². The van der Waals surface area contributed by atoms with Crippen LogP contribution in [0.15, 0.2) is 22.7 Å². The smallest absolute Gasteiger partial charge is 0.224 e. The molecule has 1 aromatic rings. The summed E-state index contributed by atoms with van der Waals surface area (Å²) in [6.45, 7) is 8.46. The molecule has 3 rings (SSSR count). The van der Waals surface area contributed by atoms with Crippen LogP contribution in [0.25, 0.3) is 0 Å². The van der Waals surface area contributed by atoms with E-state index in [0.717, 1.165) is 28.9 Å². The average molecular weight is 367 g/mol. The molecule has 0 bridgehead atoms. The van der Waals surface area contributed by atoms with E-state index >= 15 is 0 Å². The summed E-state index contributed by atoms with van der Waals surface area (Å²) in [5.41, 5.74) is 0.709. The lowest BCUT2D eigenvalue weighted by Crippen LogP contribution is -2.49. The molecule has 1 heterocycles. The highest BCUT2D eigenvalue weighted by molar-refractivity contribution is 9.10. The van der Waals surface area contributed by atoms with Gasteiger partial charge in [0.1, 0.15) is 12.4 Å². The zero-order valence-electron chi connectivity index (χ0n) is 13.3. The van der Waals surface area contributed by atoms with Gasteiger partial charge in [0.05, 0.1) is 5.54 Å². The number of aryl methyl sites for hydroxylation is 1. The van der Waals surface area contributed by atoms with Gasteiger partial charge in [-0.05, 0) is 69.5 Å². The van der Waals surface area contributed by atoms with Gasteiger partial charge < -0.3 is 15.4 Å². The topological polar surface area (TPSA) is 50.4 Å². The van der Waals surface area contributed by atoms with Crippen LogP contribution in [0.2, 0.25) is 0 Å². The number of nitrogens with one attached hydrogen (secondary N) is 2. The number of hydrogen-bond donors (Lipinski definition) is 2. The fraction of sp³-hybridized carbons (Fsp3) is 0.588. The van der Waals surface area contributed by atoms with Crippen molar-refractivity contribution in [1.82, 2.24) is 10.6 Å². The number of benzene rings is 1. The van der Waals surface area contributed by atoms with E-state index in [4.69, 9.17) is 4.74 Å². The highest BCUT2D eigenvalue weighted by Crippen LogP contribution is 2.48. The molecule has 1 aliphatic heterocycles. The van der Waals surface area contributed by atoms with Crippen molar-refractivity contribution in [3.05, 3.63) is 28.2 Å². The molecular formula is C17H23BrN2O2. The lowest BCUT2D eigenvalue weighted by Gasteiger charge is -2.27. The van der Waals surface area contributed by atoms with Gasteiger partial charge in [-0.1, -0.05) is 15.9 Å². The molecule has 0 spiro atoms. The quantitative estimate of drug-likeness (QED) is 0.841. The first kappa shape index (κ1) is 15.8. The van der Waals surface area contributed by atoms with E-state index < -0.39 is 0 Å². The van der Waals surface area contributed by atoms with Gasteiger partial charge in [0, 0.05) is 10.4 Å². The molecule has 1 unspecified atom stereocenters. The first-order chi connectivity index (χ1) is 10.4. The maximum atomic E-state index is 12.4. The van der Waals surface area contributed by atoms with Gasteiger partial charge in [0.25, 0.3) is 0 Å². The van der Waals surface area contributed by atoms with Gasteiger partial charge >= 0.3 is 0 Å². The molecule has 1 amide bonds. The molecule has 3 atom stereocenters. The minimum absolute atomic E-state index is 0.178. The number of fused-ring (bicyclic) bond motifs is 1. The maximum Gasteiger partial charge on any atom is 0.224 e. The Morgan fingerprint density at radius 2 is 2.09 bits per heavy atom. The van der Waals surface area contributed by atoms with Crippen LogP contribution in [0.4, 0.5) is 0 Å². The van der Waals surface area contributed by atoms with Crippen LogP contribution in [0.5, 0.6) is 5.75 Å². The first-order valence-corrected chi connectivity index (χ1v) is 8.58. The number of rotatable bonds is 5. The Hall–Kier alpha value is -1.07. The summed E-state index contributed by atoms with van der Waals surface area (Å²) in [6, 6.07) is 5.94. The van der Waals surface area contributed by atoms with Gasteiger partial charge in [0.15, 0.2) is 0 Å². The van der Waals surface area contributed by atoms with Crippen LogP contribution in [0.1, 0.15) is 19.4 Å². The third kappa shape index (κ3) is 3.30. The summed E-state index contributed by atoms with van der Waals surface area (Å²) in [5.74, 6) is 2.33. The van der Waals surface area contributed by atoms with E-state index in [9.17, 15) is 4.79 Å². The first-order valence-electron chi connectivity index (χ1n) is 7.79. The van der Waals surface area contributed by atoms with Crippen LogP contribution in [0.3, 0.4) is 0 Å². The summed E-state index contributed by atoms with van der Waals surface area (Å²) in [6.07, 6.45) is 0. The standard InChI is InChI=1S/C17H23BrN2O2/c1-10-6-11(18)4-5-14(10)22-9-17(2,3)20-16(21)15-12-7-19-8-13(12)15/h4-6,12-13,15,19H,7-9H2,1-3H3,(H,20,21)/t12-,13+,15?. The number of halogens is 1. The number of carbonyl (C=O) groups is 1. The van der Waals surface area contributed by atoms with Crippen LogP contribution in [-0.4, -0.2) is 31.1 Å². The minimum Gasteiger partial charge on any atom is -0.491 e. The molecule has 5 heteroatoms. The molecule has 2 fully saturated rings. The average Bonchev–Trinajstić information content (AvgIpc) is 2.91. The van der Waals surface area contributed by atoms with Crippen molar-refractivity contribution in [3.63, 3.8) is 0 Å². The summed E-state index contributed by atoms with van der Waals surface area (Å²) in [7, 11) is 0. The van der Waals surface area contributed by atoms with Crippen molar-refractivity contribution < 1.29 is 9.53 Å². The number of hydrogen-bond acceptors (Lipinski definition) is 3. The third-order valence-corrected chi connectivity index (χ3v) is 5.07. The van der Waals surface area contributed by atoms with Crippen molar-refractivity contribution >= 4 is 21.8 Å². The Kier molecular flexibility index (Phi) is 4.21. The number of piperidine rings is 1. The lowest BCUT2D eigenvalue weighted by atomic mass is 10.1. The highest BCUT2D eigenvalue weighted by atomic mass is 79.9. The highest BCUT2D eigenvalue weighted by Gasteiger charge is 2.57. The summed E-state index contributed by atoms with van der Waals surface area (Å²) < 4.78 is 6.94. The molecule has 1 aromatic carbocycles. The normalized spacial score (nSPS) is 26.5. The monoisotopic (exact) mass is 366 g/mol. The summed E-state index contributed by atoms with van der Waals surface area (Å²) >= 11 is 3.45. The van der Waals surface area contributed by atoms with Crippen molar-refractivity contribution in [1.29, 1.82) is 0 Å². The summed E-state index contributed by atoms with van der Waals surface area (Å²) in [4.78, 5) is 12.4. The molecular weight excluding hydrogens is 344 g/mol. The summed E-state index contributed by atoms with van der Waals surface area (Å²) in [5, 5.41) is 6.47. The zero-order chi connectivity index (χ0) is 15.9. The zero-order valence-corrected chi connectivity index (χ0v) is 14.9. The van der Waals surface area contributed by atoms with Crippen molar-refractivity contribution in [2.24, 2.45) is 17.8 Å². The molecule has 1 saturated heterocycles. The molecule has 0 aromatic heterocycles. The molecule has 1 aliphatic carbocycles. The molecule has 120 valence electrons. The van der Waals surface area contributed by atoms with Crippen molar-refractivity contribution in [2.45, 2.75) is 26.3 Å². The largest absolute Gasteiger partial charge is 0.491 e. The molecule has 22 heavy (non-hydrogen) atoms. The second-order valence-electron chi connectivity index (χ2n) is 7.08. The van der Waals surface area contributed by atoms with Gasteiger partial charge in [0.2, 0.25) is 5.91 Å². The Bertz CT molecular complexity index is 578. The lowest BCUT2D eigenvalue weighted by molar-refractivity contribution is -0.125. The predicted molar refractivity (Wildman–Crippen MR) is 89.9 cm³/mol. The predicted octanol–water partition coefficient (Wildman–Crippen LogP) is 2.50.